The van der Waals surface area contributed by atoms with E-state index in [1.807, 2.05) is 0 Å². The maximum atomic E-state index is 14.2. The van der Waals surface area contributed by atoms with E-state index in [0.29, 0.717) is 11.5 Å². The number of fused-ring (bicyclic) bond motifs is 3. The Hall–Kier alpha value is -8.57. The summed E-state index contributed by atoms with van der Waals surface area (Å²) in [4.78, 5) is 169. The van der Waals surface area contributed by atoms with Crippen LogP contribution in [0.4, 0.5) is 11.5 Å². The number of unbranched alkanes of at least 4 members (excludes halogenated alkanes) is 1. The Kier molecular flexibility index (Phi) is 27.6. The molecule has 3 aliphatic heterocycles. The van der Waals surface area contributed by atoms with Gasteiger partial charge in [0.15, 0.2) is 5.75 Å². The van der Waals surface area contributed by atoms with Crippen LogP contribution in [0.25, 0.3) is 11.3 Å². The number of benzene rings is 1. The van der Waals surface area contributed by atoms with E-state index in [1.165, 1.54) is 10.6 Å². The van der Waals surface area contributed by atoms with Crippen molar-refractivity contribution in [2.45, 2.75) is 132 Å². The highest BCUT2D eigenvalue weighted by Crippen LogP contribution is 2.39. The Bertz CT molecular complexity index is 2700. The van der Waals surface area contributed by atoms with E-state index in [4.69, 9.17) is 11.5 Å². The van der Waals surface area contributed by atoms with Crippen LogP contribution < -0.4 is 70.1 Å². The highest BCUT2D eigenvalue weighted by molar-refractivity contribution is 5.99. The molecule has 1 fully saturated rings. The third-order valence-corrected chi connectivity index (χ3v) is 13.5. The van der Waals surface area contributed by atoms with Gasteiger partial charge in [0.2, 0.25) is 77.3 Å². The number of carbonyl (C=O) groups is 12. The summed E-state index contributed by atoms with van der Waals surface area (Å²) in [5.41, 5.74) is 10.3. The molecule has 1 aliphatic carbocycles. The molecule has 0 saturated carbocycles. The van der Waals surface area contributed by atoms with E-state index in [-0.39, 0.29) is 150 Å². The zero-order valence-corrected chi connectivity index (χ0v) is 45.8. The van der Waals surface area contributed by atoms with Gasteiger partial charge in [0, 0.05) is 44.2 Å². The molecule has 0 aromatic carbocycles. The molecule has 464 valence electrons. The number of aromatic nitrogens is 1. The molecule has 34 nitrogen and oxygen atoms in total. The van der Waals surface area contributed by atoms with Gasteiger partial charge in [-0.15, -0.1) is 0 Å². The minimum atomic E-state index is -1.72. The Labute approximate surface area is 479 Å². The van der Waals surface area contributed by atoms with Gasteiger partial charge < -0.3 is 89.6 Å². The first-order valence-electron chi connectivity index (χ1n) is 27.1. The Balaban J connectivity index is 1.51. The SMILES string of the molecule is NCCCCC(NC(=O)C(CO)NC(=O)C1CCNc2c(NC(=O)CCC(O)C(N)=O)cc3cc(O)c(=O)cc-3n21)C(=O)NCC(=O)NC(CCCN(O)C=O)C(=O)NC1CCCCNC(=O)C(CO)NC(=O)C(CCCN(O)C=O)NC1=O. The monoisotopic (exact) mass is 1190 g/mol. The molecule has 12 amide bonds. The summed E-state index contributed by atoms with van der Waals surface area (Å²) in [7, 11) is 0. The van der Waals surface area contributed by atoms with Crippen LogP contribution in [-0.4, -0.2) is 212 Å². The number of phenolic OH excluding ortho intramolecular Hbond substituents is 1. The summed E-state index contributed by atoms with van der Waals surface area (Å²) in [6.45, 7) is -2.92. The van der Waals surface area contributed by atoms with Crippen molar-refractivity contribution in [3.05, 3.63) is 28.4 Å². The zero-order valence-electron chi connectivity index (χ0n) is 45.8. The van der Waals surface area contributed by atoms with Crippen LogP contribution >= 0.6 is 0 Å². The Morgan fingerprint density at radius 1 is 0.738 bits per heavy atom. The number of nitrogens with zero attached hydrogens (tertiary/aromatic N) is 3. The van der Waals surface area contributed by atoms with Crippen LogP contribution in [0.2, 0.25) is 0 Å². The third-order valence-electron chi connectivity index (χ3n) is 13.5. The van der Waals surface area contributed by atoms with Crippen molar-refractivity contribution in [2.75, 3.05) is 63.1 Å². The number of amides is 12. The average Bonchev–Trinajstić information content (AvgIpc) is 1.54. The van der Waals surface area contributed by atoms with Crippen molar-refractivity contribution in [3.8, 4) is 17.0 Å². The zero-order chi connectivity index (χ0) is 62.0. The van der Waals surface area contributed by atoms with Crippen molar-refractivity contribution in [3.63, 3.8) is 0 Å². The highest BCUT2D eigenvalue weighted by Gasteiger charge is 2.36. The number of carbonyl (C=O) groups excluding carboxylic acids is 12. The van der Waals surface area contributed by atoms with E-state index < -0.39 is 138 Å². The lowest BCUT2D eigenvalue weighted by molar-refractivity contribution is -0.150. The lowest BCUT2D eigenvalue weighted by Crippen LogP contribution is -2.59. The van der Waals surface area contributed by atoms with Gasteiger partial charge in [-0.25, -0.2) is 10.1 Å². The van der Waals surface area contributed by atoms with E-state index in [2.05, 4.69) is 53.2 Å². The standard InChI is InChI=1S/C50H75N15O19/c51-14-3-1-7-28(58-49(81)34(24-67)62-50(82)35-13-16-53-43-32(57-40(73)12-11-37(70)42(52)75)19-27-20-38(71)39(72)21-36(27)65(35)43)44(76)55-22-41(74)56-29(9-5-17-63(83)25-68)46(78)59-30-8-2-4-15-54-45(77)33(23-66)61-48(80)31(60-47(30)79)10-6-18-64(84)26-69/h19-21,25-26,28-31,33-35,37,53,66-67,70-71,83-84H,1-18,22-24,51H2,(H2,52,75)(H,54,77)(H,55,76)(H,56,74)(H,57,73)(H,58,81)(H,59,78)(H,60,79)(H,61,80)(H,62,82). The van der Waals surface area contributed by atoms with Gasteiger partial charge in [0.05, 0.1) is 31.1 Å². The Morgan fingerprint density at radius 3 is 2.08 bits per heavy atom. The molecule has 0 aromatic rings. The normalized spacial score (nSPS) is 18.7. The molecule has 20 N–H and O–H groups in total. The lowest BCUT2D eigenvalue weighted by atomic mass is 10.0. The number of rotatable bonds is 31. The van der Waals surface area contributed by atoms with Crippen LogP contribution in [0, 0.1) is 0 Å². The first kappa shape index (κ1) is 67.9. The van der Waals surface area contributed by atoms with Crippen molar-refractivity contribution in [1.29, 1.82) is 0 Å². The number of hydroxylamine groups is 4. The molecule has 1 saturated heterocycles. The minimum Gasteiger partial charge on any atom is -0.504 e. The van der Waals surface area contributed by atoms with Crippen molar-refractivity contribution in [1.82, 2.24) is 57.2 Å². The molecule has 0 spiro atoms. The maximum absolute atomic E-state index is 14.2. The molecule has 8 atom stereocenters. The number of anilines is 2. The smallest absolute Gasteiger partial charge is 0.246 e. The van der Waals surface area contributed by atoms with E-state index in [1.54, 1.807) is 0 Å². The predicted octanol–water partition coefficient (Wildman–Crippen LogP) is -6.73. The molecule has 0 bridgehead atoms. The number of primary amides is 1. The number of aliphatic hydroxyl groups is 3. The van der Waals surface area contributed by atoms with Gasteiger partial charge in [-0.1, -0.05) is 0 Å². The van der Waals surface area contributed by atoms with Gasteiger partial charge in [-0.2, -0.15) is 0 Å². The highest BCUT2D eigenvalue weighted by atomic mass is 16.5. The number of aliphatic hydroxyl groups excluding tert-OH is 3. The van der Waals surface area contributed by atoms with Crippen LogP contribution in [0.1, 0.15) is 89.5 Å². The van der Waals surface area contributed by atoms with Gasteiger partial charge in [0.1, 0.15) is 54.2 Å². The number of phenols is 1. The number of hydrogen-bond donors (Lipinski definition) is 18. The second-order valence-corrected chi connectivity index (χ2v) is 19.8. The summed E-state index contributed by atoms with van der Waals surface area (Å²) < 4.78 is 1.34. The summed E-state index contributed by atoms with van der Waals surface area (Å²) in [6.07, 6.45) is -1.82. The number of hydrogen-bond acceptors (Lipinski definition) is 21. The fraction of sp³-hybridized carbons (Fsp3) is 0.580. The van der Waals surface area contributed by atoms with Gasteiger partial charge in [-0.05, 0) is 95.7 Å². The van der Waals surface area contributed by atoms with Crippen LogP contribution in [-0.2, 0) is 57.5 Å². The molecule has 8 unspecified atom stereocenters. The second kappa shape index (κ2) is 34.1. The average molecular weight is 1190 g/mol. The van der Waals surface area contributed by atoms with E-state index >= 15 is 0 Å². The summed E-state index contributed by atoms with van der Waals surface area (Å²) in [5.74, 6) is -9.66. The predicted molar refractivity (Wildman–Crippen MR) is 290 cm³/mol. The van der Waals surface area contributed by atoms with Crippen LogP contribution in [0.15, 0.2) is 23.0 Å². The van der Waals surface area contributed by atoms with Gasteiger partial charge in [0.25, 0.3) is 0 Å². The van der Waals surface area contributed by atoms with Crippen LogP contribution in [0.5, 0.6) is 5.75 Å². The van der Waals surface area contributed by atoms with Gasteiger partial charge >= 0.3 is 0 Å². The number of nitrogens with two attached hydrogens (primary N) is 2. The minimum absolute atomic E-state index is 0.00523. The molecule has 4 rings (SSSR count). The maximum Gasteiger partial charge on any atom is 0.246 e. The molecule has 4 aliphatic rings. The summed E-state index contributed by atoms with van der Waals surface area (Å²) >= 11 is 0. The second-order valence-electron chi connectivity index (χ2n) is 19.8. The third kappa shape index (κ3) is 20.7. The fourth-order valence-electron chi connectivity index (χ4n) is 8.98. The van der Waals surface area contributed by atoms with Crippen molar-refractivity contribution in [2.24, 2.45) is 11.5 Å². The van der Waals surface area contributed by atoms with Crippen LogP contribution in [0.3, 0.4) is 0 Å². The molecular formula is C50H75N15O19. The molecule has 0 aromatic heterocycles. The number of pyridine rings is 1. The Morgan fingerprint density at radius 2 is 1.42 bits per heavy atom. The first-order valence-corrected chi connectivity index (χ1v) is 27.1. The molecule has 3 heterocycles. The van der Waals surface area contributed by atoms with E-state index in [9.17, 15) is 93.2 Å². The summed E-state index contributed by atoms with van der Waals surface area (Å²) in [5, 5.41) is 85.7. The molecule has 0 radical (unpaired) electrons. The number of nitrogens with one attached hydrogen (secondary N) is 10. The quantitative estimate of drug-likeness (QED) is 0.0144. The first-order chi connectivity index (χ1) is 40.0. The lowest BCUT2D eigenvalue weighted by Gasteiger charge is -2.34. The molecule has 84 heavy (non-hydrogen) atoms. The van der Waals surface area contributed by atoms with Gasteiger partial charge in [-0.3, -0.25) is 72.7 Å². The largest absolute Gasteiger partial charge is 0.504 e. The van der Waals surface area contributed by atoms with E-state index in [0.717, 1.165) is 12.1 Å². The van der Waals surface area contributed by atoms with Crippen molar-refractivity contribution >= 4 is 83.4 Å². The molecular weight excluding hydrogens is 1110 g/mol. The number of aromatic hydroxyl groups is 1. The molecule has 34 heteroatoms. The topological polar surface area (TPSA) is 527 Å². The summed E-state index contributed by atoms with van der Waals surface area (Å²) in [6, 6.07) is -6.60. The fourth-order valence-corrected chi connectivity index (χ4v) is 8.98. The van der Waals surface area contributed by atoms with Crippen molar-refractivity contribution < 1.29 is 88.4 Å².